The van der Waals surface area contributed by atoms with Crippen LogP contribution in [0.15, 0.2) is 18.3 Å². The predicted molar refractivity (Wildman–Crippen MR) is 61.2 cm³/mol. The number of aromatic nitrogens is 1. The Morgan fingerprint density at radius 1 is 1.56 bits per heavy atom. The van der Waals surface area contributed by atoms with Gasteiger partial charge in [-0.2, -0.15) is 0 Å². The van der Waals surface area contributed by atoms with Gasteiger partial charge in [-0.05, 0) is 31.1 Å². The molecule has 0 aliphatic carbocycles. The standard InChI is InChI=1S/C12H15NO3/c1-4-16-12(14)6-5-10-8-13-11(15-3)7-9(10)2/h5-8H,4H2,1-3H3. The zero-order valence-electron chi connectivity index (χ0n) is 9.69. The van der Waals surface area contributed by atoms with Gasteiger partial charge in [0.1, 0.15) is 0 Å². The third-order valence-electron chi connectivity index (χ3n) is 2.02. The number of esters is 1. The van der Waals surface area contributed by atoms with Crippen molar-refractivity contribution in [1.82, 2.24) is 4.98 Å². The Balaban J connectivity index is 2.78. The molecule has 0 N–H and O–H groups in total. The summed E-state index contributed by atoms with van der Waals surface area (Å²) in [6, 6.07) is 1.81. The van der Waals surface area contributed by atoms with Crippen molar-refractivity contribution < 1.29 is 14.3 Å². The second-order valence-electron chi connectivity index (χ2n) is 3.17. The van der Waals surface area contributed by atoms with Gasteiger partial charge in [0, 0.05) is 18.3 Å². The summed E-state index contributed by atoms with van der Waals surface area (Å²) in [7, 11) is 1.57. The summed E-state index contributed by atoms with van der Waals surface area (Å²) in [5, 5.41) is 0. The fourth-order valence-corrected chi connectivity index (χ4v) is 1.18. The molecule has 0 spiro atoms. The Labute approximate surface area is 94.9 Å². The molecule has 0 amide bonds. The summed E-state index contributed by atoms with van der Waals surface area (Å²) in [4.78, 5) is 15.2. The molecule has 0 atom stereocenters. The van der Waals surface area contributed by atoms with Crippen LogP contribution in [0.2, 0.25) is 0 Å². The smallest absolute Gasteiger partial charge is 0.330 e. The normalized spacial score (nSPS) is 10.4. The highest BCUT2D eigenvalue weighted by Gasteiger charge is 2.00. The van der Waals surface area contributed by atoms with Crippen LogP contribution in [0.25, 0.3) is 6.08 Å². The molecule has 0 saturated carbocycles. The van der Waals surface area contributed by atoms with Crippen LogP contribution in [-0.4, -0.2) is 24.7 Å². The summed E-state index contributed by atoms with van der Waals surface area (Å²) in [6.07, 6.45) is 4.73. The van der Waals surface area contributed by atoms with E-state index in [1.54, 1.807) is 26.3 Å². The molecule has 0 fully saturated rings. The van der Waals surface area contributed by atoms with Gasteiger partial charge in [0.05, 0.1) is 13.7 Å². The number of hydrogen-bond donors (Lipinski definition) is 0. The molecule has 1 aromatic rings. The van der Waals surface area contributed by atoms with E-state index in [0.29, 0.717) is 12.5 Å². The number of carbonyl (C=O) groups excluding carboxylic acids is 1. The van der Waals surface area contributed by atoms with E-state index in [9.17, 15) is 4.79 Å². The van der Waals surface area contributed by atoms with Gasteiger partial charge in [-0.3, -0.25) is 0 Å². The molecule has 0 aromatic carbocycles. The minimum Gasteiger partial charge on any atom is -0.481 e. The van der Waals surface area contributed by atoms with Crippen molar-refractivity contribution >= 4 is 12.0 Å². The molecule has 0 unspecified atom stereocenters. The molecule has 0 saturated heterocycles. The lowest BCUT2D eigenvalue weighted by atomic mass is 10.1. The third-order valence-corrected chi connectivity index (χ3v) is 2.02. The van der Waals surface area contributed by atoms with Crippen LogP contribution in [0.3, 0.4) is 0 Å². The Hall–Kier alpha value is -1.84. The van der Waals surface area contributed by atoms with Crippen LogP contribution in [0.5, 0.6) is 5.88 Å². The minimum atomic E-state index is -0.349. The Kier molecular flexibility index (Phi) is 4.51. The van der Waals surface area contributed by atoms with Crippen molar-refractivity contribution in [3.63, 3.8) is 0 Å². The highest BCUT2D eigenvalue weighted by molar-refractivity contribution is 5.87. The average molecular weight is 221 g/mol. The zero-order chi connectivity index (χ0) is 12.0. The minimum absolute atomic E-state index is 0.349. The van der Waals surface area contributed by atoms with E-state index in [0.717, 1.165) is 11.1 Å². The molecule has 1 rings (SSSR count). The summed E-state index contributed by atoms with van der Waals surface area (Å²) < 4.78 is 9.76. The van der Waals surface area contributed by atoms with E-state index < -0.39 is 0 Å². The lowest BCUT2D eigenvalue weighted by molar-refractivity contribution is -0.137. The van der Waals surface area contributed by atoms with Gasteiger partial charge in [0.15, 0.2) is 0 Å². The molecular formula is C12H15NO3. The first kappa shape index (κ1) is 12.2. The number of carbonyl (C=O) groups is 1. The van der Waals surface area contributed by atoms with E-state index in [2.05, 4.69) is 4.98 Å². The molecule has 0 radical (unpaired) electrons. The number of hydrogen-bond acceptors (Lipinski definition) is 4. The number of aryl methyl sites for hydroxylation is 1. The summed E-state index contributed by atoms with van der Waals surface area (Å²) >= 11 is 0. The molecule has 0 bridgehead atoms. The maximum atomic E-state index is 11.1. The van der Waals surface area contributed by atoms with E-state index in [4.69, 9.17) is 9.47 Å². The number of methoxy groups -OCH3 is 1. The van der Waals surface area contributed by atoms with Gasteiger partial charge >= 0.3 is 5.97 Å². The molecule has 1 heterocycles. The molecule has 0 aliphatic heterocycles. The van der Waals surface area contributed by atoms with Crippen molar-refractivity contribution in [2.75, 3.05) is 13.7 Å². The molecule has 4 heteroatoms. The average Bonchev–Trinajstić information content (AvgIpc) is 2.27. The van der Waals surface area contributed by atoms with Gasteiger partial charge < -0.3 is 9.47 Å². The SMILES string of the molecule is CCOC(=O)C=Cc1cnc(OC)cc1C. The van der Waals surface area contributed by atoms with E-state index in [1.165, 1.54) is 6.08 Å². The van der Waals surface area contributed by atoms with E-state index in [-0.39, 0.29) is 5.97 Å². The topological polar surface area (TPSA) is 48.4 Å². The quantitative estimate of drug-likeness (QED) is 0.576. The molecule has 1 aromatic heterocycles. The van der Waals surface area contributed by atoms with Gasteiger partial charge in [0.25, 0.3) is 0 Å². The largest absolute Gasteiger partial charge is 0.481 e. The number of rotatable bonds is 4. The first-order chi connectivity index (χ1) is 7.67. The van der Waals surface area contributed by atoms with Gasteiger partial charge in [-0.25, -0.2) is 9.78 Å². The van der Waals surface area contributed by atoms with Gasteiger partial charge in [-0.15, -0.1) is 0 Å². The van der Waals surface area contributed by atoms with Crippen molar-refractivity contribution in [2.24, 2.45) is 0 Å². The fourth-order valence-electron chi connectivity index (χ4n) is 1.18. The second kappa shape index (κ2) is 5.90. The summed E-state index contributed by atoms with van der Waals surface area (Å²) in [5.74, 6) is 0.212. The van der Waals surface area contributed by atoms with E-state index >= 15 is 0 Å². The lowest BCUT2D eigenvalue weighted by Gasteiger charge is -2.02. The zero-order valence-corrected chi connectivity index (χ0v) is 9.69. The van der Waals surface area contributed by atoms with Crippen LogP contribution in [0, 0.1) is 6.92 Å². The fraction of sp³-hybridized carbons (Fsp3) is 0.333. The first-order valence-corrected chi connectivity index (χ1v) is 5.02. The van der Waals surface area contributed by atoms with Crippen LogP contribution in [-0.2, 0) is 9.53 Å². The van der Waals surface area contributed by atoms with Crippen molar-refractivity contribution in [2.45, 2.75) is 13.8 Å². The monoisotopic (exact) mass is 221 g/mol. The van der Waals surface area contributed by atoms with Crippen molar-refractivity contribution in [1.29, 1.82) is 0 Å². The highest BCUT2D eigenvalue weighted by atomic mass is 16.5. The van der Waals surface area contributed by atoms with Gasteiger partial charge in [0.2, 0.25) is 5.88 Å². The van der Waals surface area contributed by atoms with Crippen LogP contribution in [0.4, 0.5) is 0 Å². The Morgan fingerprint density at radius 3 is 2.88 bits per heavy atom. The predicted octanol–water partition coefficient (Wildman–Crippen LogP) is 1.97. The van der Waals surface area contributed by atoms with Crippen molar-refractivity contribution in [3.05, 3.63) is 29.5 Å². The molecular weight excluding hydrogens is 206 g/mol. The van der Waals surface area contributed by atoms with Crippen molar-refractivity contribution in [3.8, 4) is 5.88 Å². The molecule has 86 valence electrons. The number of ether oxygens (including phenoxy) is 2. The molecule has 16 heavy (non-hydrogen) atoms. The van der Waals surface area contributed by atoms with Crippen LogP contribution < -0.4 is 4.74 Å². The van der Waals surface area contributed by atoms with Crippen LogP contribution in [0.1, 0.15) is 18.1 Å². The first-order valence-electron chi connectivity index (χ1n) is 5.02. The second-order valence-corrected chi connectivity index (χ2v) is 3.17. The maximum Gasteiger partial charge on any atom is 0.330 e. The molecule has 0 aliphatic rings. The van der Waals surface area contributed by atoms with Crippen LogP contribution >= 0.6 is 0 Å². The maximum absolute atomic E-state index is 11.1. The Bertz CT molecular complexity index is 399. The Morgan fingerprint density at radius 2 is 2.31 bits per heavy atom. The van der Waals surface area contributed by atoms with E-state index in [1.807, 2.05) is 13.0 Å². The number of nitrogens with zero attached hydrogens (tertiary/aromatic N) is 1. The summed E-state index contributed by atoms with van der Waals surface area (Å²) in [5.41, 5.74) is 1.86. The highest BCUT2D eigenvalue weighted by Crippen LogP contribution is 2.14. The van der Waals surface area contributed by atoms with Gasteiger partial charge in [-0.1, -0.05) is 0 Å². The lowest BCUT2D eigenvalue weighted by Crippen LogP contribution is -1.99. The third kappa shape index (κ3) is 3.38. The summed E-state index contributed by atoms with van der Waals surface area (Å²) in [6.45, 7) is 4.07. The molecule has 4 nitrogen and oxygen atoms in total. The number of pyridine rings is 1.